The molecule has 116 valence electrons. The Labute approximate surface area is 152 Å². The monoisotopic (exact) mass is 408 g/mol. The van der Waals surface area contributed by atoms with Crippen molar-refractivity contribution < 1.29 is 0 Å². The van der Waals surface area contributed by atoms with E-state index in [1.807, 2.05) is 42.5 Å². The average Bonchev–Trinajstić information content (AvgIpc) is 2.53. The fourth-order valence-electron chi connectivity index (χ4n) is 1.90. The molecular formula is C16H11BrCl2N4. The number of halogens is 3. The van der Waals surface area contributed by atoms with Crippen molar-refractivity contribution in [2.24, 2.45) is 0 Å². The normalized spacial score (nSPS) is 10.4. The molecule has 0 aliphatic rings. The van der Waals surface area contributed by atoms with Gasteiger partial charge in [-0.1, -0.05) is 41.4 Å². The molecule has 3 rings (SSSR count). The lowest BCUT2D eigenvalue weighted by atomic mass is 10.3. The zero-order valence-corrected chi connectivity index (χ0v) is 14.8. The summed E-state index contributed by atoms with van der Waals surface area (Å²) >= 11 is 15.6. The van der Waals surface area contributed by atoms with E-state index in [0.29, 0.717) is 21.8 Å². The Morgan fingerprint density at radius 2 is 1.78 bits per heavy atom. The Morgan fingerprint density at radius 1 is 0.957 bits per heavy atom. The van der Waals surface area contributed by atoms with Crippen LogP contribution in [0.3, 0.4) is 0 Å². The maximum atomic E-state index is 6.13. The van der Waals surface area contributed by atoms with E-state index < -0.39 is 0 Å². The van der Waals surface area contributed by atoms with Crippen molar-refractivity contribution in [2.45, 2.75) is 0 Å². The number of para-hydroxylation sites is 1. The second-order valence-corrected chi connectivity index (χ2v) is 6.33. The number of hydrogen-bond donors (Lipinski definition) is 2. The molecule has 2 aromatic carbocycles. The molecule has 0 aliphatic heterocycles. The third kappa shape index (κ3) is 4.13. The minimum Gasteiger partial charge on any atom is -0.339 e. The number of nitrogens with zero attached hydrogens (tertiary/aromatic N) is 2. The highest BCUT2D eigenvalue weighted by atomic mass is 79.9. The van der Waals surface area contributed by atoms with Crippen molar-refractivity contribution in [2.75, 3.05) is 10.6 Å². The van der Waals surface area contributed by atoms with Crippen LogP contribution in [0.2, 0.25) is 10.0 Å². The van der Waals surface area contributed by atoms with Crippen molar-refractivity contribution in [1.82, 2.24) is 9.97 Å². The number of rotatable bonds is 4. The highest BCUT2D eigenvalue weighted by molar-refractivity contribution is 9.10. The lowest BCUT2D eigenvalue weighted by molar-refractivity contribution is 1.15. The van der Waals surface area contributed by atoms with Crippen molar-refractivity contribution >= 4 is 62.3 Å². The zero-order chi connectivity index (χ0) is 16.2. The minimum absolute atomic E-state index is 0.436. The first-order valence-corrected chi connectivity index (χ1v) is 8.23. The zero-order valence-electron chi connectivity index (χ0n) is 11.7. The van der Waals surface area contributed by atoms with Crippen LogP contribution in [0, 0.1) is 0 Å². The predicted octanol–water partition coefficient (Wildman–Crippen LogP) is 6.03. The second-order valence-electron chi connectivity index (χ2n) is 4.63. The number of nitrogens with one attached hydrogen (secondary N) is 2. The third-order valence-electron chi connectivity index (χ3n) is 2.95. The molecule has 4 nitrogen and oxygen atoms in total. The standard InChI is InChI=1S/C16H11BrCl2N4/c17-12-9-20-16(22-14-7-2-1-6-13(14)19)23-15(12)21-11-5-3-4-10(18)8-11/h1-9H,(H2,20,21,22,23). The summed E-state index contributed by atoms with van der Waals surface area (Å²) in [4.78, 5) is 8.69. The smallest absolute Gasteiger partial charge is 0.229 e. The van der Waals surface area contributed by atoms with Crippen LogP contribution in [0.4, 0.5) is 23.1 Å². The molecule has 0 amide bonds. The molecule has 0 saturated carbocycles. The van der Waals surface area contributed by atoms with Gasteiger partial charge >= 0.3 is 0 Å². The van der Waals surface area contributed by atoms with Crippen LogP contribution in [-0.4, -0.2) is 9.97 Å². The van der Waals surface area contributed by atoms with Gasteiger partial charge in [0.1, 0.15) is 5.82 Å². The first kappa shape index (κ1) is 16.1. The molecule has 1 aromatic heterocycles. The van der Waals surface area contributed by atoms with Gasteiger partial charge in [-0.3, -0.25) is 0 Å². The lowest BCUT2D eigenvalue weighted by Crippen LogP contribution is -2.01. The van der Waals surface area contributed by atoms with Gasteiger partial charge in [-0.15, -0.1) is 0 Å². The molecule has 2 N–H and O–H groups in total. The molecule has 7 heteroatoms. The summed E-state index contributed by atoms with van der Waals surface area (Å²) < 4.78 is 0.738. The molecule has 0 radical (unpaired) electrons. The number of benzene rings is 2. The first-order valence-electron chi connectivity index (χ1n) is 6.68. The molecule has 1 heterocycles. The van der Waals surface area contributed by atoms with Gasteiger partial charge in [0.25, 0.3) is 0 Å². The molecule has 3 aromatic rings. The van der Waals surface area contributed by atoms with Crippen molar-refractivity contribution in [3.63, 3.8) is 0 Å². The summed E-state index contributed by atoms with van der Waals surface area (Å²) in [6.45, 7) is 0. The summed E-state index contributed by atoms with van der Waals surface area (Å²) in [7, 11) is 0. The Morgan fingerprint density at radius 3 is 2.57 bits per heavy atom. The predicted molar refractivity (Wildman–Crippen MR) is 99.2 cm³/mol. The van der Waals surface area contributed by atoms with Crippen LogP contribution < -0.4 is 10.6 Å². The summed E-state index contributed by atoms with van der Waals surface area (Å²) in [6.07, 6.45) is 1.67. The molecule has 0 aliphatic carbocycles. The van der Waals surface area contributed by atoms with Crippen molar-refractivity contribution in [3.8, 4) is 0 Å². The molecule has 0 atom stereocenters. The van der Waals surface area contributed by atoms with Gasteiger partial charge in [-0.2, -0.15) is 4.98 Å². The Kier molecular flexibility index (Phi) is 5.00. The Hall–Kier alpha value is -1.82. The van der Waals surface area contributed by atoms with E-state index >= 15 is 0 Å². The van der Waals surface area contributed by atoms with E-state index in [2.05, 4.69) is 36.5 Å². The van der Waals surface area contributed by atoms with Crippen LogP contribution >= 0.6 is 39.1 Å². The largest absolute Gasteiger partial charge is 0.339 e. The van der Waals surface area contributed by atoms with E-state index in [0.717, 1.165) is 15.8 Å². The summed E-state index contributed by atoms with van der Waals surface area (Å²) in [5, 5.41) is 7.54. The molecule has 0 saturated heterocycles. The van der Waals surface area contributed by atoms with Gasteiger partial charge in [0, 0.05) is 16.9 Å². The van der Waals surface area contributed by atoms with Gasteiger partial charge in [0.05, 0.1) is 15.2 Å². The molecule has 0 spiro atoms. The number of hydrogen-bond acceptors (Lipinski definition) is 4. The molecule has 23 heavy (non-hydrogen) atoms. The minimum atomic E-state index is 0.436. The Bertz CT molecular complexity index is 842. The average molecular weight is 410 g/mol. The lowest BCUT2D eigenvalue weighted by Gasteiger charge is -2.11. The topological polar surface area (TPSA) is 49.8 Å². The quantitative estimate of drug-likeness (QED) is 0.551. The van der Waals surface area contributed by atoms with Gasteiger partial charge in [0.15, 0.2) is 0 Å². The van der Waals surface area contributed by atoms with Crippen LogP contribution in [-0.2, 0) is 0 Å². The summed E-state index contributed by atoms with van der Waals surface area (Å²) in [5.41, 5.74) is 1.57. The van der Waals surface area contributed by atoms with E-state index in [-0.39, 0.29) is 0 Å². The highest BCUT2D eigenvalue weighted by Gasteiger charge is 2.07. The number of anilines is 4. The molecule has 0 unspecified atom stereocenters. The van der Waals surface area contributed by atoms with Crippen LogP contribution in [0.1, 0.15) is 0 Å². The SMILES string of the molecule is Clc1cccc(Nc2nc(Nc3ccccc3Cl)ncc2Br)c1. The maximum absolute atomic E-state index is 6.13. The van der Waals surface area contributed by atoms with E-state index in [9.17, 15) is 0 Å². The van der Waals surface area contributed by atoms with Gasteiger partial charge in [-0.25, -0.2) is 4.98 Å². The van der Waals surface area contributed by atoms with E-state index in [1.54, 1.807) is 12.3 Å². The summed E-state index contributed by atoms with van der Waals surface area (Å²) in [5.74, 6) is 1.06. The number of aromatic nitrogens is 2. The van der Waals surface area contributed by atoms with E-state index in [4.69, 9.17) is 23.2 Å². The second kappa shape index (κ2) is 7.17. The van der Waals surface area contributed by atoms with Gasteiger partial charge < -0.3 is 10.6 Å². The van der Waals surface area contributed by atoms with Crippen molar-refractivity contribution in [3.05, 3.63) is 69.2 Å². The van der Waals surface area contributed by atoms with Crippen LogP contribution in [0.15, 0.2) is 59.2 Å². The fraction of sp³-hybridized carbons (Fsp3) is 0. The Balaban J connectivity index is 1.86. The van der Waals surface area contributed by atoms with Gasteiger partial charge in [-0.05, 0) is 46.3 Å². The molecule has 0 fully saturated rings. The summed E-state index contributed by atoms with van der Waals surface area (Å²) in [6, 6.07) is 14.8. The van der Waals surface area contributed by atoms with Gasteiger partial charge in [0.2, 0.25) is 5.95 Å². The third-order valence-corrected chi connectivity index (χ3v) is 4.10. The maximum Gasteiger partial charge on any atom is 0.229 e. The van der Waals surface area contributed by atoms with Crippen LogP contribution in [0.5, 0.6) is 0 Å². The van der Waals surface area contributed by atoms with Crippen LogP contribution in [0.25, 0.3) is 0 Å². The first-order chi connectivity index (χ1) is 11.1. The highest BCUT2D eigenvalue weighted by Crippen LogP contribution is 2.28. The van der Waals surface area contributed by atoms with Crippen molar-refractivity contribution in [1.29, 1.82) is 0 Å². The molecule has 0 bridgehead atoms. The fourth-order valence-corrected chi connectivity index (χ4v) is 2.56. The van der Waals surface area contributed by atoms with E-state index in [1.165, 1.54) is 0 Å². The molecular weight excluding hydrogens is 399 g/mol.